The molecule has 0 spiro atoms. The number of hydrogen-bond acceptors (Lipinski definition) is 2. The molecule has 2 aromatic rings. The van der Waals surface area contributed by atoms with Crippen LogP contribution in [0.15, 0.2) is 24.3 Å². The highest BCUT2D eigenvalue weighted by Gasteiger charge is 2.18. The van der Waals surface area contributed by atoms with E-state index in [9.17, 15) is 0 Å². The molecule has 0 saturated heterocycles. The third-order valence-corrected chi connectivity index (χ3v) is 3.35. The Morgan fingerprint density at radius 1 is 1.18 bits per heavy atom. The van der Waals surface area contributed by atoms with E-state index in [0.717, 1.165) is 25.3 Å². The average molecular weight is 227 g/mol. The Kier molecular flexibility index (Phi) is 2.48. The SMILES string of the molecule is Cc1ccc(-n2c(C)nc3c2CCNC3)cc1. The molecule has 0 atom stereocenters. The van der Waals surface area contributed by atoms with Crippen LogP contribution in [0.1, 0.15) is 22.8 Å². The minimum atomic E-state index is 0.898. The van der Waals surface area contributed by atoms with Gasteiger partial charge in [-0.3, -0.25) is 0 Å². The largest absolute Gasteiger partial charge is 0.311 e. The van der Waals surface area contributed by atoms with Gasteiger partial charge in [0.2, 0.25) is 0 Å². The Hall–Kier alpha value is -1.61. The lowest BCUT2D eigenvalue weighted by atomic mass is 10.1. The van der Waals surface area contributed by atoms with Crippen LogP contribution in [-0.4, -0.2) is 16.1 Å². The standard InChI is InChI=1S/C14H17N3/c1-10-3-5-12(6-4-10)17-11(2)16-13-9-15-8-7-14(13)17/h3-6,15H,7-9H2,1-2H3. The molecule has 17 heavy (non-hydrogen) atoms. The molecule has 88 valence electrons. The number of imidazole rings is 1. The van der Waals surface area contributed by atoms with Crippen molar-refractivity contribution in [2.45, 2.75) is 26.8 Å². The zero-order valence-electron chi connectivity index (χ0n) is 10.3. The van der Waals surface area contributed by atoms with Crippen LogP contribution in [0.2, 0.25) is 0 Å². The number of fused-ring (bicyclic) bond motifs is 1. The summed E-state index contributed by atoms with van der Waals surface area (Å²) in [5.74, 6) is 1.09. The van der Waals surface area contributed by atoms with Crippen molar-refractivity contribution >= 4 is 0 Å². The van der Waals surface area contributed by atoms with Crippen molar-refractivity contribution in [3.8, 4) is 5.69 Å². The van der Waals surface area contributed by atoms with Crippen molar-refractivity contribution in [3.63, 3.8) is 0 Å². The van der Waals surface area contributed by atoms with E-state index < -0.39 is 0 Å². The summed E-state index contributed by atoms with van der Waals surface area (Å²) in [7, 11) is 0. The van der Waals surface area contributed by atoms with Crippen molar-refractivity contribution in [1.29, 1.82) is 0 Å². The Balaban J connectivity index is 2.13. The van der Waals surface area contributed by atoms with Gasteiger partial charge in [0.05, 0.1) is 5.69 Å². The first kappa shape index (κ1) is 10.5. The van der Waals surface area contributed by atoms with Crippen molar-refractivity contribution in [3.05, 3.63) is 47.0 Å². The van der Waals surface area contributed by atoms with Gasteiger partial charge in [-0.25, -0.2) is 4.98 Å². The molecule has 0 saturated carbocycles. The zero-order chi connectivity index (χ0) is 11.8. The van der Waals surface area contributed by atoms with Crippen molar-refractivity contribution < 1.29 is 0 Å². The summed E-state index contributed by atoms with van der Waals surface area (Å²) in [5, 5.41) is 3.37. The van der Waals surface area contributed by atoms with Crippen molar-refractivity contribution in [2.24, 2.45) is 0 Å². The molecular weight excluding hydrogens is 210 g/mol. The van der Waals surface area contributed by atoms with Gasteiger partial charge in [0, 0.05) is 30.9 Å². The highest BCUT2D eigenvalue weighted by atomic mass is 15.1. The number of nitrogens with zero attached hydrogens (tertiary/aromatic N) is 2. The van der Waals surface area contributed by atoms with Gasteiger partial charge in [-0.2, -0.15) is 0 Å². The van der Waals surface area contributed by atoms with Crippen LogP contribution >= 0.6 is 0 Å². The summed E-state index contributed by atoms with van der Waals surface area (Å²) >= 11 is 0. The van der Waals surface area contributed by atoms with Crippen LogP contribution in [0, 0.1) is 13.8 Å². The van der Waals surface area contributed by atoms with Gasteiger partial charge in [0.1, 0.15) is 5.82 Å². The second-order valence-electron chi connectivity index (χ2n) is 4.65. The maximum Gasteiger partial charge on any atom is 0.110 e. The Labute approximate surface area is 101 Å². The van der Waals surface area contributed by atoms with Gasteiger partial charge in [-0.1, -0.05) is 17.7 Å². The minimum absolute atomic E-state index is 0.898. The van der Waals surface area contributed by atoms with Crippen LogP contribution in [0.5, 0.6) is 0 Å². The van der Waals surface area contributed by atoms with Crippen molar-refractivity contribution in [2.75, 3.05) is 6.54 Å². The summed E-state index contributed by atoms with van der Waals surface area (Å²) in [4.78, 5) is 4.65. The van der Waals surface area contributed by atoms with Crippen LogP contribution < -0.4 is 5.32 Å². The predicted octanol–water partition coefficient (Wildman–Crippen LogP) is 2.13. The lowest BCUT2D eigenvalue weighted by Crippen LogP contribution is -2.24. The molecular formula is C14H17N3. The second kappa shape index (κ2) is 4.00. The maximum atomic E-state index is 4.65. The first-order valence-corrected chi connectivity index (χ1v) is 6.10. The van der Waals surface area contributed by atoms with Gasteiger partial charge >= 0.3 is 0 Å². The Morgan fingerprint density at radius 3 is 2.71 bits per heavy atom. The van der Waals surface area contributed by atoms with Crippen LogP contribution in [0.25, 0.3) is 5.69 Å². The van der Waals surface area contributed by atoms with Crippen LogP contribution in [-0.2, 0) is 13.0 Å². The summed E-state index contributed by atoms with van der Waals surface area (Å²) in [5.41, 5.74) is 5.09. The lowest BCUT2D eigenvalue weighted by Gasteiger charge is -2.16. The number of hydrogen-bond donors (Lipinski definition) is 1. The molecule has 3 heteroatoms. The molecule has 1 aliphatic heterocycles. The molecule has 1 aromatic heterocycles. The second-order valence-corrected chi connectivity index (χ2v) is 4.65. The molecule has 1 aromatic carbocycles. The summed E-state index contributed by atoms with van der Waals surface area (Å²) in [6, 6.07) is 8.66. The highest BCUT2D eigenvalue weighted by Crippen LogP contribution is 2.21. The Morgan fingerprint density at radius 2 is 1.94 bits per heavy atom. The predicted molar refractivity (Wildman–Crippen MR) is 68.4 cm³/mol. The van der Waals surface area contributed by atoms with E-state index in [2.05, 4.69) is 53.0 Å². The first-order chi connectivity index (χ1) is 8.25. The van der Waals surface area contributed by atoms with Crippen LogP contribution in [0.4, 0.5) is 0 Å². The Bertz CT molecular complexity index is 537. The van der Waals surface area contributed by atoms with Crippen LogP contribution in [0.3, 0.4) is 0 Å². The van der Waals surface area contributed by atoms with Gasteiger partial charge < -0.3 is 9.88 Å². The molecule has 0 unspecified atom stereocenters. The van der Waals surface area contributed by atoms with E-state index >= 15 is 0 Å². The number of aryl methyl sites for hydroxylation is 2. The van der Waals surface area contributed by atoms with Gasteiger partial charge in [0.15, 0.2) is 0 Å². The molecule has 2 heterocycles. The molecule has 1 aliphatic rings. The number of nitrogens with one attached hydrogen (secondary N) is 1. The first-order valence-electron chi connectivity index (χ1n) is 6.10. The zero-order valence-corrected chi connectivity index (χ0v) is 10.3. The molecule has 0 fully saturated rings. The lowest BCUT2D eigenvalue weighted by molar-refractivity contribution is 0.620. The third-order valence-electron chi connectivity index (χ3n) is 3.35. The molecule has 0 aliphatic carbocycles. The molecule has 0 amide bonds. The van der Waals surface area contributed by atoms with E-state index in [1.165, 1.54) is 22.6 Å². The summed E-state index contributed by atoms with van der Waals surface area (Å²) in [6.07, 6.45) is 1.06. The smallest absolute Gasteiger partial charge is 0.110 e. The number of benzene rings is 1. The van der Waals surface area contributed by atoms with E-state index in [4.69, 9.17) is 0 Å². The van der Waals surface area contributed by atoms with Crippen molar-refractivity contribution in [1.82, 2.24) is 14.9 Å². The summed E-state index contributed by atoms with van der Waals surface area (Å²) < 4.78 is 2.29. The molecule has 0 radical (unpaired) electrons. The maximum absolute atomic E-state index is 4.65. The molecule has 0 bridgehead atoms. The fourth-order valence-corrected chi connectivity index (χ4v) is 2.48. The molecule has 1 N–H and O–H groups in total. The fourth-order valence-electron chi connectivity index (χ4n) is 2.48. The fraction of sp³-hybridized carbons (Fsp3) is 0.357. The monoisotopic (exact) mass is 227 g/mol. The van der Waals surface area contributed by atoms with Gasteiger partial charge in [0.25, 0.3) is 0 Å². The van der Waals surface area contributed by atoms with E-state index in [1.807, 2.05) is 0 Å². The van der Waals surface area contributed by atoms with E-state index in [-0.39, 0.29) is 0 Å². The highest BCUT2D eigenvalue weighted by molar-refractivity contribution is 5.39. The van der Waals surface area contributed by atoms with Gasteiger partial charge in [-0.05, 0) is 26.0 Å². The summed E-state index contributed by atoms with van der Waals surface area (Å²) in [6.45, 7) is 6.14. The number of rotatable bonds is 1. The van der Waals surface area contributed by atoms with E-state index in [0.29, 0.717) is 0 Å². The van der Waals surface area contributed by atoms with Gasteiger partial charge in [-0.15, -0.1) is 0 Å². The third kappa shape index (κ3) is 1.76. The average Bonchev–Trinajstić information content (AvgIpc) is 2.66. The van der Waals surface area contributed by atoms with E-state index in [1.54, 1.807) is 0 Å². The normalized spacial score (nSPS) is 14.7. The minimum Gasteiger partial charge on any atom is -0.311 e. The quantitative estimate of drug-likeness (QED) is 0.809. The number of aromatic nitrogens is 2. The molecule has 3 rings (SSSR count). The topological polar surface area (TPSA) is 29.9 Å². The molecule has 3 nitrogen and oxygen atoms in total.